The lowest BCUT2D eigenvalue weighted by Crippen LogP contribution is -2.30. The molecule has 2 aliphatic rings. The first-order chi connectivity index (χ1) is 9.11. The Hall–Kier alpha value is -0.0900. The average molecular weight is 287 g/mol. The van der Waals surface area contributed by atoms with Gasteiger partial charge in [-0.2, -0.15) is 0 Å². The lowest BCUT2D eigenvalue weighted by molar-refractivity contribution is 0.291. The minimum Gasteiger partial charge on any atom is -0.314 e. The Morgan fingerprint density at radius 3 is 2.32 bits per heavy atom. The first-order valence-corrected chi connectivity index (χ1v) is 9.86. The highest BCUT2D eigenvalue weighted by molar-refractivity contribution is 7.91. The number of hydrogen-bond acceptors (Lipinski definition) is 3. The molecule has 2 atom stereocenters. The van der Waals surface area contributed by atoms with E-state index in [1.807, 2.05) is 0 Å². The molecule has 2 unspecified atom stereocenters. The first-order valence-electron chi connectivity index (χ1n) is 8.04. The van der Waals surface area contributed by atoms with Crippen molar-refractivity contribution in [1.29, 1.82) is 0 Å². The summed E-state index contributed by atoms with van der Waals surface area (Å²) in [4.78, 5) is 0. The van der Waals surface area contributed by atoms with Crippen molar-refractivity contribution in [1.82, 2.24) is 5.32 Å². The van der Waals surface area contributed by atoms with Gasteiger partial charge in [0.15, 0.2) is 0 Å². The van der Waals surface area contributed by atoms with E-state index in [1.54, 1.807) is 6.92 Å². The number of rotatable bonds is 7. The molecule has 2 saturated carbocycles. The second-order valence-electron chi connectivity index (χ2n) is 6.37. The highest BCUT2D eigenvalue weighted by Gasteiger charge is 2.27. The van der Waals surface area contributed by atoms with Crippen LogP contribution in [0.15, 0.2) is 0 Å². The third-order valence-electron chi connectivity index (χ3n) is 4.80. The molecule has 2 fully saturated rings. The van der Waals surface area contributed by atoms with E-state index in [-0.39, 0.29) is 0 Å². The van der Waals surface area contributed by atoms with E-state index in [0.717, 1.165) is 19.0 Å². The minimum atomic E-state index is -2.79. The Kier molecular flexibility index (Phi) is 5.70. The molecule has 0 radical (unpaired) electrons. The second kappa shape index (κ2) is 7.07. The molecule has 0 aromatic heterocycles. The molecule has 0 spiro atoms. The average Bonchev–Trinajstić information content (AvgIpc) is 3.21. The Morgan fingerprint density at radius 2 is 1.68 bits per heavy atom. The molecule has 4 heteroatoms. The summed E-state index contributed by atoms with van der Waals surface area (Å²) in [6, 6.07) is 0.767. The normalized spacial score (nSPS) is 29.1. The molecule has 112 valence electrons. The second-order valence-corrected chi connectivity index (χ2v) is 8.84. The summed E-state index contributed by atoms with van der Waals surface area (Å²) >= 11 is 0. The lowest BCUT2D eigenvalue weighted by atomic mass is 9.86. The van der Waals surface area contributed by atoms with Gasteiger partial charge in [0.1, 0.15) is 9.84 Å². The van der Waals surface area contributed by atoms with E-state index in [0.29, 0.717) is 23.3 Å². The summed E-state index contributed by atoms with van der Waals surface area (Å²) in [6.45, 7) is 2.87. The summed E-state index contributed by atoms with van der Waals surface area (Å²) in [5.74, 6) is 2.02. The number of nitrogens with one attached hydrogen (secondary N) is 1. The number of sulfone groups is 1. The SMILES string of the molecule is CCS(=O)(=O)CCC1CCCCCC1CNC1CC1. The van der Waals surface area contributed by atoms with Gasteiger partial charge in [0.05, 0.1) is 5.75 Å². The fourth-order valence-corrected chi connectivity index (χ4v) is 4.14. The standard InChI is InChI=1S/C15H29NO2S/c1-2-19(17,18)11-10-13-6-4-3-5-7-14(13)12-16-15-8-9-15/h13-16H,2-12H2,1H3. The monoisotopic (exact) mass is 287 g/mol. The highest BCUT2D eigenvalue weighted by atomic mass is 32.2. The first kappa shape index (κ1) is 15.3. The molecule has 2 aliphatic carbocycles. The minimum absolute atomic E-state index is 0.296. The fourth-order valence-electron chi connectivity index (χ4n) is 3.19. The van der Waals surface area contributed by atoms with Crippen molar-refractivity contribution in [3.05, 3.63) is 0 Å². The van der Waals surface area contributed by atoms with Gasteiger partial charge in [-0.1, -0.05) is 32.6 Å². The van der Waals surface area contributed by atoms with Gasteiger partial charge in [0.25, 0.3) is 0 Å². The summed E-state index contributed by atoms with van der Waals surface area (Å²) in [5.41, 5.74) is 0. The molecular weight excluding hydrogens is 258 g/mol. The van der Waals surface area contributed by atoms with Crippen LogP contribution in [-0.2, 0) is 9.84 Å². The topological polar surface area (TPSA) is 46.2 Å². The largest absolute Gasteiger partial charge is 0.314 e. The lowest BCUT2D eigenvalue weighted by Gasteiger charge is -2.25. The maximum atomic E-state index is 11.7. The molecule has 19 heavy (non-hydrogen) atoms. The molecule has 0 bridgehead atoms. The van der Waals surface area contributed by atoms with Crippen LogP contribution in [-0.4, -0.2) is 32.5 Å². The van der Waals surface area contributed by atoms with Gasteiger partial charge in [-0.05, 0) is 44.1 Å². The predicted octanol–water partition coefficient (Wildman–Crippen LogP) is 2.76. The van der Waals surface area contributed by atoms with Crippen LogP contribution in [0.3, 0.4) is 0 Å². The van der Waals surface area contributed by atoms with Gasteiger partial charge in [0, 0.05) is 11.8 Å². The summed E-state index contributed by atoms with van der Waals surface area (Å²) < 4.78 is 23.4. The van der Waals surface area contributed by atoms with E-state index in [2.05, 4.69) is 5.32 Å². The van der Waals surface area contributed by atoms with E-state index >= 15 is 0 Å². The van der Waals surface area contributed by atoms with E-state index in [9.17, 15) is 8.42 Å². The zero-order chi connectivity index (χ0) is 13.7. The maximum Gasteiger partial charge on any atom is 0.150 e. The van der Waals surface area contributed by atoms with Gasteiger partial charge >= 0.3 is 0 Å². The number of hydrogen-bond donors (Lipinski definition) is 1. The van der Waals surface area contributed by atoms with Crippen LogP contribution in [0, 0.1) is 11.8 Å². The van der Waals surface area contributed by atoms with Gasteiger partial charge in [-0.3, -0.25) is 0 Å². The smallest absolute Gasteiger partial charge is 0.150 e. The van der Waals surface area contributed by atoms with Crippen molar-refractivity contribution in [3.63, 3.8) is 0 Å². The zero-order valence-electron chi connectivity index (χ0n) is 12.2. The molecule has 1 N–H and O–H groups in total. The third kappa shape index (κ3) is 5.42. The summed E-state index contributed by atoms with van der Waals surface area (Å²) in [6.07, 6.45) is 10.0. The van der Waals surface area contributed by atoms with Crippen LogP contribution >= 0.6 is 0 Å². The van der Waals surface area contributed by atoms with Crippen molar-refractivity contribution in [2.24, 2.45) is 11.8 Å². The molecule has 0 heterocycles. The molecule has 0 amide bonds. The molecular formula is C15H29NO2S. The molecule has 0 aliphatic heterocycles. The summed E-state index contributed by atoms with van der Waals surface area (Å²) in [5, 5.41) is 3.65. The van der Waals surface area contributed by atoms with Gasteiger partial charge in [0.2, 0.25) is 0 Å². The Morgan fingerprint density at radius 1 is 1.00 bits per heavy atom. The zero-order valence-corrected chi connectivity index (χ0v) is 13.1. The molecule has 3 nitrogen and oxygen atoms in total. The van der Waals surface area contributed by atoms with Crippen LogP contribution in [0.5, 0.6) is 0 Å². The van der Waals surface area contributed by atoms with Crippen molar-refractivity contribution in [3.8, 4) is 0 Å². The van der Waals surface area contributed by atoms with Gasteiger partial charge in [-0.15, -0.1) is 0 Å². The Balaban J connectivity index is 1.84. The van der Waals surface area contributed by atoms with Crippen molar-refractivity contribution >= 4 is 9.84 Å². The maximum absolute atomic E-state index is 11.7. The molecule has 0 saturated heterocycles. The van der Waals surface area contributed by atoms with E-state index in [4.69, 9.17) is 0 Å². The van der Waals surface area contributed by atoms with Crippen LogP contribution < -0.4 is 5.32 Å². The highest BCUT2D eigenvalue weighted by Crippen LogP contribution is 2.32. The Labute approximate surface area is 118 Å². The van der Waals surface area contributed by atoms with Crippen molar-refractivity contribution in [2.45, 2.75) is 64.3 Å². The van der Waals surface area contributed by atoms with E-state index in [1.165, 1.54) is 44.9 Å². The van der Waals surface area contributed by atoms with Crippen LogP contribution in [0.25, 0.3) is 0 Å². The van der Waals surface area contributed by atoms with Gasteiger partial charge in [-0.25, -0.2) is 8.42 Å². The van der Waals surface area contributed by atoms with Crippen molar-refractivity contribution < 1.29 is 8.42 Å². The molecule has 2 rings (SSSR count). The fraction of sp³-hybridized carbons (Fsp3) is 1.00. The third-order valence-corrected chi connectivity index (χ3v) is 6.54. The predicted molar refractivity (Wildman–Crippen MR) is 80.0 cm³/mol. The Bertz CT molecular complexity index is 362. The summed E-state index contributed by atoms with van der Waals surface area (Å²) in [7, 11) is -2.79. The van der Waals surface area contributed by atoms with Crippen LogP contribution in [0.4, 0.5) is 0 Å². The molecule has 0 aromatic rings. The van der Waals surface area contributed by atoms with Crippen LogP contribution in [0.2, 0.25) is 0 Å². The molecule has 0 aromatic carbocycles. The van der Waals surface area contributed by atoms with Crippen molar-refractivity contribution in [2.75, 3.05) is 18.1 Å². The van der Waals surface area contributed by atoms with Crippen LogP contribution in [0.1, 0.15) is 58.3 Å². The van der Waals surface area contributed by atoms with E-state index < -0.39 is 9.84 Å². The quantitative estimate of drug-likeness (QED) is 0.732. The van der Waals surface area contributed by atoms with Gasteiger partial charge < -0.3 is 5.32 Å².